The van der Waals surface area contributed by atoms with Crippen molar-refractivity contribution < 1.29 is 4.39 Å². The molecule has 1 heterocycles. The monoisotopic (exact) mass is 307 g/mol. The van der Waals surface area contributed by atoms with Gasteiger partial charge in [0.25, 0.3) is 0 Å². The van der Waals surface area contributed by atoms with Crippen molar-refractivity contribution in [3.63, 3.8) is 0 Å². The van der Waals surface area contributed by atoms with Crippen molar-refractivity contribution in [1.29, 1.82) is 0 Å². The van der Waals surface area contributed by atoms with Crippen molar-refractivity contribution in [2.45, 2.75) is 45.3 Å². The topological polar surface area (TPSA) is 30.7 Å². The molecule has 0 aliphatic carbocycles. The molecule has 0 unspecified atom stereocenters. The van der Waals surface area contributed by atoms with Crippen LogP contribution >= 0.6 is 11.8 Å². The Morgan fingerprint density at radius 3 is 2.67 bits per heavy atom. The van der Waals surface area contributed by atoms with Crippen molar-refractivity contribution in [1.82, 2.24) is 14.8 Å². The van der Waals surface area contributed by atoms with Gasteiger partial charge in [0.2, 0.25) is 0 Å². The Kier molecular flexibility index (Phi) is 5.79. The summed E-state index contributed by atoms with van der Waals surface area (Å²) in [5, 5.41) is 9.38. The molecule has 0 radical (unpaired) electrons. The molecule has 0 aliphatic heterocycles. The van der Waals surface area contributed by atoms with Crippen molar-refractivity contribution in [3.8, 4) is 11.4 Å². The maximum atomic E-state index is 14.0. The van der Waals surface area contributed by atoms with Gasteiger partial charge in [-0.2, -0.15) is 0 Å². The van der Waals surface area contributed by atoms with Crippen molar-refractivity contribution in [2.24, 2.45) is 5.92 Å². The highest BCUT2D eigenvalue weighted by molar-refractivity contribution is 7.99. The smallest absolute Gasteiger partial charge is 0.191 e. The highest BCUT2D eigenvalue weighted by Crippen LogP contribution is 2.27. The molecule has 0 spiro atoms. The Morgan fingerprint density at radius 1 is 1.24 bits per heavy atom. The number of unbranched alkanes of at least 4 members (excludes halogenated alkanes) is 1. The van der Waals surface area contributed by atoms with Crippen LogP contribution in [0.2, 0.25) is 0 Å². The Bertz CT molecular complexity index is 581. The van der Waals surface area contributed by atoms with E-state index in [1.165, 1.54) is 6.07 Å². The molecular weight excluding hydrogens is 285 g/mol. The van der Waals surface area contributed by atoms with Gasteiger partial charge in [-0.25, -0.2) is 4.39 Å². The first kappa shape index (κ1) is 16.0. The Labute approximate surface area is 130 Å². The zero-order valence-corrected chi connectivity index (χ0v) is 13.7. The van der Waals surface area contributed by atoms with Crippen LogP contribution in [0.3, 0.4) is 0 Å². The molecule has 0 bridgehead atoms. The fraction of sp³-hybridized carbons (Fsp3) is 0.500. The second-order valence-electron chi connectivity index (χ2n) is 5.49. The molecule has 0 aliphatic rings. The summed E-state index contributed by atoms with van der Waals surface area (Å²) in [4.78, 5) is 0. The molecule has 114 valence electrons. The molecular formula is C16H22FN3S. The SMILES string of the molecule is CCCCSc1nnc(-c2ccccc2F)n1CC(C)C. The molecule has 2 rings (SSSR count). The lowest BCUT2D eigenvalue weighted by atomic mass is 10.2. The molecule has 0 saturated carbocycles. The van der Waals surface area contributed by atoms with Crippen LogP contribution in [0.15, 0.2) is 29.4 Å². The molecule has 0 N–H and O–H groups in total. The van der Waals surface area contributed by atoms with Gasteiger partial charge in [-0.15, -0.1) is 10.2 Å². The number of rotatable bonds is 7. The third-order valence-corrected chi connectivity index (χ3v) is 4.16. The normalized spacial score (nSPS) is 11.3. The first-order valence-corrected chi connectivity index (χ1v) is 8.43. The lowest BCUT2D eigenvalue weighted by molar-refractivity contribution is 0.496. The number of hydrogen-bond donors (Lipinski definition) is 0. The standard InChI is InChI=1S/C16H22FN3S/c1-4-5-10-21-16-19-18-15(20(16)11-12(2)3)13-8-6-7-9-14(13)17/h6-9,12H,4-5,10-11H2,1-3H3. The summed E-state index contributed by atoms with van der Waals surface area (Å²) in [6.07, 6.45) is 2.31. The average molecular weight is 307 g/mol. The molecule has 0 atom stereocenters. The van der Waals surface area contributed by atoms with Gasteiger partial charge in [0.1, 0.15) is 5.82 Å². The number of nitrogens with zero attached hydrogens (tertiary/aromatic N) is 3. The molecule has 2 aromatic rings. The maximum absolute atomic E-state index is 14.0. The van der Waals surface area contributed by atoms with Gasteiger partial charge in [0.15, 0.2) is 11.0 Å². The Balaban J connectivity index is 2.34. The minimum atomic E-state index is -0.250. The van der Waals surface area contributed by atoms with Gasteiger partial charge in [-0.1, -0.05) is 51.1 Å². The van der Waals surface area contributed by atoms with E-state index >= 15 is 0 Å². The largest absolute Gasteiger partial charge is 0.302 e. The zero-order valence-electron chi connectivity index (χ0n) is 12.8. The third-order valence-electron chi connectivity index (χ3n) is 3.11. The molecule has 0 fully saturated rings. The van der Waals surface area contributed by atoms with Gasteiger partial charge >= 0.3 is 0 Å². The summed E-state index contributed by atoms with van der Waals surface area (Å²) in [5.41, 5.74) is 0.521. The first-order valence-electron chi connectivity index (χ1n) is 7.44. The lowest BCUT2D eigenvalue weighted by Gasteiger charge is -2.12. The van der Waals surface area contributed by atoms with E-state index < -0.39 is 0 Å². The van der Waals surface area contributed by atoms with Crippen LogP contribution in [0.1, 0.15) is 33.6 Å². The number of benzene rings is 1. The molecule has 1 aromatic carbocycles. The predicted octanol–water partition coefficient (Wildman–Crippen LogP) is 4.63. The number of thioether (sulfide) groups is 1. The number of aromatic nitrogens is 3. The summed E-state index contributed by atoms with van der Waals surface area (Å²) in [6.45, 7) is 7.26. The lowest BCUT2D eigenvalue weighted by Crippen LogP contribution is -2.08. The zero-order chi connectivity index (χ0) is 15.2. The van der Waals surface area contributed by atoms with E-state index in [9.17, 15) is 4.39 Å². The van der Waals surface area contributed by atoms with E-state index in [1.807, 2.05) is 10.6 Å². The van der Waals surface area contributed by atoms with Crippen LogP contribution in [0, 0.1) is 11.7 Å². The molecule has 1 aromatic heterocycles. The number of hydrogen-bond acceptors (Lipinski definition) is 3. The second-order valence-corrected chi connectivity index (χ2v) is 6.55. The van der Waals surface area contributed by atoms with E-state index in [2.05, 4.69) is 31.0 Å². The molecule has 3 nitrogen and oxygen atoms in total. The van der Waals surface area contributed by atoms with Crippen molar-refractivity contribution in [2.75, 3.05) is 5.75 Å². The van der Waals surface area contributed by atoms with E-state index in [0.29, 0.717) is 17.3 Å². The maximum Gasteiger partial charge on any atom is 0.191 e. The van der Waals surface area contributed by atoms with Gasteiger partial charge < -0.3 is 4.57 Å². The highest BCUT2D eigenvalue weighted by atomic mass is 32.2. The van der Waals surface area contributed by atoms with Crippen LogP contribution in [0.25, 0.3) is 11.4 Å². The molecule has 5 heteroatoms. The Hall–Kier alpha value is -1.36. The average Bonchev–Trinajstić information content (AvgIpc) is 2.82. The summed E-state index contributed by atoms with van der Waals surface area (Å²) < 4.78 is 16.1. The Morgan fingerprint density at radius 2 is 2.00 bits per heavy atom. The fourth-order valence-electron chi connectivity index (χ4n) is 2.07. The van der Waals surface area contributed by atoms with E-state index in [4.69, 9.17) is 0 Å². The van der Waals surface area contributed by atoms with E-state index in [1.54, 1.807) is 23.9 Å². The second kappa shape index (κ2) is 7.59. The molecule has 21 heavy (non-hydrogen) atoms. The van der Waals surface area contributed by atoms with E-state index in [-0.39, 0.29) is 5.82 Å². The molecule has 0 saturated heterocycles. The summed E-state index contributed by atoms with van der Waals surface area (Å²) >= 11 is 1.70. The van der Waals surface area contributed by atoms with Crippen LogP contribution in [0.4, 0.5) is 4.39 Å². The quantitative estimate of drug-likeness (QED) is 0.552. The van der Waals surface area contributed by atoms with Crippen LogP contribution in [0.5, 0.6) is 0 Å². The summed E-state index contributed by atoms with van der Waals surface area (Å²) in [7, 11) is 0. The van der Waals surface area contributed by atoms with Crippen molar-refractivity contribution >= 4 is 11.8 Å². The number of halogens is 1. The summed E-state index contributed by atoms with van der Waals surface area (Å²) in [5.74, 6) is 1.85. The fourth-order valence-corrected chi connectivity index (χ4v) is 3.11. The van der Waals surface area contributed by atoms with Crippen molar-refractivity contribution in [3.05, 3.63) is 30.1 Å². The van der Waals surface area contributed by atoms with Gasteiger partial charge in [0, 0.05) is 12.3 Å². The first-order chi connectivity index (χ1) is 10.1. The van der Waals surface area contributed by atoms with E-state index in [0.717, 1.165) is 30.3 Å². The van der Waals surface area contributed by atoms with Gasteiger partial charge in [-0.05, 0) is 24.5 Å². The minimum Gasteiger partial charge on any atom is -0.302 e. The van der Waals surface area contributed by atoms with Gasteiger partial charge in [0.05, 0.1) is 5.56 Å². The predicted molar refractivity (Wildman–Crippen MR) is 85.9 cm³/mol. The highest BCUT2D eigenvalue weighted by Gasteiger charge is 2.17. The summed E-state index contributed by atoms with van der Waals surface area (Å²) in [6, 6.07) is 6.75. The van der Waals surface area contributed by atoms with Crippen LogP contribution in [-0.4, -0.2) is 20.5 Å². The van der Waals surface area contributed by atoms with Crippen LogP contribution in [-0.2, 0) is 6.54 Å². The molecule has 0 amide bonds. The van der Waals surface area contributed by atoms with Gasteiger partial charge in [-0.3, -0.25) is 0 Å². The third kappa shape index (κ3) is 4.06. The van der Waals surface area contributed by atoms with Crippen LogP contribution < -0.4 is 0 Å². The minimum absolute atomic E-state index is 0.250.